The summed E-state index contributed by atoms with van der Waals surface area (Å²) in [6.07, 6.45) is 3.18. The molecule has 6 nitrogen and oxygen atoms in total. The van der Waals surface area contributed by atoms with E-state index in [1.807, 2.05) is 0 Å². The molecule has 2 aliphatic rings. The van der Waals surface area contributed by atoms with E-state index in [-0.39, 0.29) is 5.56 Å². The number of piperidine rings is 1. The van der Waals surface area contributed by atoms with Crippen LogP contribution in [0.2, 0.25) is 0 Å². The molecule has 2 aliphatic heterocycles. The number of aromatic amines is 1. The summed E-state index contributed by atoms with van der Waals surface area (Å²) in [6.45, 7) is 8.20. The van der Waals surface area contributed by atoms with Crippen LogP contribution in [-0.2, 0) is 17.7 Å². The van der Waals surface area contributed by atoms with E-state index in [4.69, 9.17) is 9.72 Å². The molecule has 0 amide bonds. The second-order valence-corrected chi connectivity index (χ2v) is 7.81. The molecule has 6 heteroatoms. The molecule has 2 saturated heterocycles. The molecule has 0 atom stereocenters. The number of ether oxygens (including phenoxy) is 1. The molecule has 0 bridgehead atoms. The number of hydrogen-bond acceptors (Lipinski definition) is 5. The van der Waals surface area contributed by atoms with Crippen molar-refractivity contribution in [1.29, 1.82) is 0 Å². The number of aromatic nitrogens is 2. The van der Waals surface area contributed by atoms with E-state index in [1.54, 1.807) is 6.07 Å². The lowest BCUT2D eigenvalue weighted by Crippen LogP contribution is -2.39. The van der Waals surface area contributed by atoms with Crippen LogP contribution in [0.25, 0.3) is 0 Å². The van der Waals surface area contributed by atoms with Crippen molar-refractivity contribution in [3.8, 4) is 0 Å². The largest absolute Gasteiger partial charge is 0.378 e. The maximum atomic E-state index is 12.2. The summed E-state index contributed by atoms with van der Waals surface area (Å²) in [5.74, 6) is 1.06. The maximum absolute atomic E-state index is 12.2. The van der Waals surface area contributed by atoms with Gasteiger partial charge in [0.25, 0.3) is 5.56 Å². The normalized spacial score (nSPS) is 19.1. The zero-order valence-corrected chi connectivity index (χ0v) is 16.7. The Kier molecular flexibility index (Phi) is 6.07. The molecule has 2 fully saturated rings. The van der Waals surface area contributed by atoms with Crippen LogP contribution >= 0.6 is 0 Å². The number of morpholine rings is 1. The average molecular weight is 383 g/mol. The van der Waals surface area contributed by atoms with Crippen LogP contribution < -0.4 is 10.5 Å². The molecule has 1 aromatic heterocycles. The quantitative estimate of drug-likeness (QED) is 0.861. The molecule has 0 unspecified atom stereocenters. The van der Waals surface area contributed by atoms with Gasteiger partial charge in [-0.2, -0.15) is 0 Å². The monoisotopic (exact) mass is 382 g/mol. The van der Waals surface area contributed by atoms with Crippen molar-refractivity contribution in [2.24, 2.45) is 0 Å². The van der Waals surface area contributed by atoms with Crippen LogP contribution in [0.5, 0.6) is 0 Å². The minimum absolute atomic E-state index is 0.0510. The standard InChI is InChI=1S/C22H30N4O2/c1-2-17-3-5-18(6-4-17)16-25-9-7-19(8-10-25)20-15-21(27)24-22(23-20)26-11-13-28-14-12-26/h3-6,15,19H,2,7-14,16H2,1H3,(H,23,24,27). The Morgan fingerprint density at radius 3 is 2.43 bits per heavy atom. The van der Waals surface area contributed by atoms with Gasteiger partial charge in [0, 0.05) is 31.6 Å². The lowest BCUT2D eigenvalue weighted by molar-refractivity contribution is 0.122. The van der Waals surface area contributed by atoms with Crippen molar-refractivity contribution in [1.82, 2.24) is 14.9 Å². The van der Waals surface area contributed by atoms with Gasteiger partial charge in [-0.1, -0.05) is 31.2 Å². The summed E-state index contributed by atoms with van der Waals surface area (Å²) in [5.41, 5.74) is 3.65. The zero-order valence-electron chi connectivity index (χ0n) is 16.7. The van der Waals surface area contributed by atoms with Gasteiger partial charge in [0.05, 0.1) is 18.9 Å². The fourth-order valence-electron chi connectivity index (χ4n) is 4.12. The van der Waals surface area contributed by atoms with Crippen molar-refractivity contribution in [3.05, 3.63) is 57.5 Å². The summed E-state index contributed by atoms with van der Waals surface area (Å²) in [5, 5.41) is 0. The summed E-state index contributed by atoms with van der Waals surface area (Å²) >= 11 is 0. The molecule has 2 aromatic rings. The van der Waals surface area contributed by atoms with Gasteiger partial charge in [-0.15, -0.1) is 0 Å². The summed E-state index contributed by atoms with van der Waals surface area (Å²) in [4.78, 5) is 24.5. The highest BCUT2D eigenvalue weighted by Crippen LogP contribution is 2.27. The molecule has 0 aliphatic carbocycles. The summed E-state index contributed by atoms with van der Waals surface area (Å²) in [7, 11) is 0. The lowest BCUT2D eigenvalue weighted by Gasteiger charge is -2.32. The van der Waals surface area contributed by atoms with Crippen LogP contribution in [0.15, 0.2) is 35.1 Å². The van der Waals surface area contributed by atoms with Gasteiger partial charge < -0.3 is 9.64 Å². The van der Waals surface area contributed by atoms with Gasteiger partial charge in [0.15, 0.2) is 0 Å². The predicted octanol–water partition coefficient (Wildman–Crippen LogP) is 2.55. The number of rotatable bonds is 5. The van der Waals surface area contributed by atoms with Crippen LogP contribution in [0.4, 0.5) is 5.95 Å². The molecule has 1 aromatic carbocycles. The number of aryl methyl sites for hydroxylation is 1. The fraction of sp³-hybridized carbons (Fsp3) is 0.545. The zero-order chi connectivity index (χ0) is 19.3. The Hall–Kier alpha value is -2.18. The summed E-state index contributed by atoms with van der Waals surface area (Å²) < 4.78 is 5.40. The number of hydrogen-bond donors (Lipinski definition) is 1. The topological polar surface area (TPSA) is 61.5 Å². The van der Waals surface area contributed by atoms with Crippen molar-refractivity contribution in [2.75, 3.05) is 44.3 Å². The number of likely N-dealkylation sites (tertiary alicyclic amines) is 1. The Labute approximate surface area is 166 Å². The van der Waals surface area contributed by atoms with E-state index < -0.39 is 0 Å². The highest BCUT2D eigenvalue weighted by molar-refractivity contribution is 5.31. The molecular weight excluding hydrogens is 352 g/mol. The van der Waals surface area contributed by atoms with Crippen LogP contribution in [-0.4, -0.2) is 54.3 Å². The number of nitrogens with one attached hydrogen (secondary N) is 1. The van der Waals surface area contributed by atoms with E-state index >= 15 is 0 Å². The first kappa shape index (κ1) is 19.2. The van der Waals surface area contributed by atoms with Crippen LogP contribution in [0.1, 0.15) is 42.5 Å². The summed E-state index contributed by atoms with van der Waals surface area (Å²) in [6, 6.07) is 10.6. The lowest BCUT2D eigenvalue weighted by atomic mass is 9.93. The minimum atomic E-state index is -0.0510. The molecule has 3 heterocycles. The Morgan fingerprint density at radius 2 is 1.75 bits per heavy atom. The fourth-order valence-corrected chi connectivity index (χ4v) is 4.12. The third-order valence-electron chi connectivity index (χ3n) is 5.90. The number of benzene rings is 1. The highest BCUT2D eigenvalue weighted by atomic mass is 16.5. The first-order valence-corrected chi connectivity index (χ1v) is 10.5. The van der Waals surface area contributed by atoms with Gasteiger partial charge in [-0.25, -0.2) is 4.98 Å². The van der Waals surface area contributed by atoms with Gasteiger partial charge >= 0.3 is 0 Å². The van der Waals surface area contributed by atoms with E-state index in [2.05, 4.69) is 46.0 Å². The molecule has 4 rings (SSSR count). The van der Waals surface area contributed by atoms with E-state index in [1.165, 1.54) is 11.1 Å². The van der Waals surface area contributed by atoms with Crippen LogP contribution in [0, 0.1) is 0 Å². The number of anilines is 1. The van der Waals surface area contributed by atoms with Gasteiger partial charge in [0.1, 0.15) is 0 Å². The number of H-pyrrole nitrogens is 1. The van der Waals surface area contributed by atoms with Crippen molar-refractivity contribution < 1.29 is 4.74 Å². The highest BCUT2D eigenvalue weighted by Gasteiger charge is 2.23. The van der Waals surface area contributed by atoms with E-state index in [0.29, 0.717) is 25.1 Å². The average Bonchev–Trinajstić information content (AvgIpc) is 2.75. The molecular formula is C22H30N4O2. The predicted molar refractivity (Wildman–Crippen MR) is 111 cm³/mol. The first-order valence-electron chi connectivity index (χ1n) is 10.5. The van der Waals surface area contributed by atoms with Crippen molar-refractivity contribution in [2.45, 2.75) is 38.6 Å². The molecule has 0 spiro atoms. The minimum Gasteiger partial charge on any atom is -0.378 e. The van der Waals surface area contributed by atoms with E-state index in [0.717, 1.165) is 57.7 Å². The Bertz CT molecular complexity index is 819. The maximum Gasteiger partial charge on any atom is 0.252 e. The molecule has 28 heavy (non-hydrogen) atoms. The third kappa shape index (κ3) is 4.62. The molecule has 1 N–H and O–H groups in total. The first-order chi connectivity index (χ1) is 13.7. The molecule has 0 radical (unpaired) electrons. The van der Waals surface area contributed by atoms with Gasteiger partial charge in [-0.3, -0.25) is 14.7 Å². The Balaban J connectivity index is 1.37. The third-order valence-corrected chi connectivity index (χ3v) is 5.90. The second kappa shape index (κ2) is 8.88. The number of nitrogens with zero attached hydrogens (tertiary/aromatic N) is 3. The van der Waals surface area contributed by atoms with E-state index in [9.17, 15) is 4.79 Å². The molecule has 150 valence electrons. The van der Waals surface area contributed by atoms with Gasteiger partial charge in [0.2, 0.25) is 5.95 Å². The van der Waals surface area contributed by atoms with Gasteiger partial charge in [-0.05, 0) is 43.5 Å². The molecule has 0 saturated carbocycles. The Morgan fingerprint density at radius 1 is 1.07 bits per heavy atom. The smallest absolute Gasteiger partial charge is 0.252 e. The second-order valence-electron chi connectivity index (χ2n) is 7.81. The van der Waals surface area contributed by atoms with Crippen molar-refractivity contribution in [3.63, 3.8) is 0 Å². The van der Waals surface area contributed by atoms with Crippen LogP contribution in [0.3, 0.4) is 0 Å². The SMILES string of the molecule is CCc1ccc(CN2CCC(c3cc(=O)[nH]c(N4CCOCC4)n3)CC2)cc1. The van der Waals surface area contributed by atoms with Crippen molar-refractivity contribution >= 4 is 5.95 Å².